The molecule has 0 atom stereocenters. The molecule has 1 aliphatic heterocycles. The van der Waals surface area contributed by atoms with Gasteiger partial charge in [0.2, 0.25) is 0 Å². The van der Waals surface area contributed by atoms with E-state index in [1.165, 1.54) is 6.08 Å². The van der Waals surface area contributed by atoms with Crippen LogP contribution in [0.3, 0.4) is 0 Å². The third-order valence-electron chi connectivity index (χ3n) is 4.02. The van der Waals surface area contributed by atoms with Gasteiger partial charge in [-0.3, -0.25) is 0 Å². The lowest BCUT2D eigenvalue weighted by atomic mass is 9.82. The van der Waals surface area contributed by atoms with E-state index in [4.69, 9.17) is 5.11 Å². The van der Waals surface area contributed by atoms with Gasteiger partial charge in [0.25, 0.3) is 0 Å². The largest absolute Gasteiger partial charge is 0.478 e. The van der Waals surface area contributed by atoms with Crippen LogP contribution >= 0.6 is 0 Å². The van der Waals surface area contributed by atoms with E-state index >= 15 is 0 Å². The highest BCUT2D eigenvalue weighted by Gasteiger charge is 2.26. The Balaban J connectivity index is 2.22. The number of rotatable bonds is 3. The number of carboxylic acid groups (broad SMARTS) is 1. The SMILES string of the molecule is CC1(C)CCN(c2ccc(/C=C/C(=O)O)cc2C#N)CC1. The van der Waals surface area contributed by atoms with Crippen LogP contribution in [-0.4, -0.2) is 24.2 Å². The van der Waals surface area contributed by atoms with Crippen molar-refractivity contribution in [1.29, 1.82) is 5.26 Å². The molecular weight excluding hydrogens is 264 g/mol. The fourth-order valence-corrected chi connectivity index (χ4v) is 2.54. The van der Waals surface area contributed by atoms with Crippen molar-refractivity contribution in [3.8, 4) is 6.07 Å². The first-order valence-electron chi connectivity index (χ1n) is 7.11. The summed E-state index contributed by atoms with van der Waals surface area (Å²) < 4.78 is 0. The molecule has 4 heteroatoms. The molecule has 0 aliphatic carbocycles. The minimum absolute atomic E-state index is 0.369. The molecule has 1 N–H and O–H groups in total. The third-order valence-corrected chi connectivity index (χ3v) is 4.02. The molecule has 4 nitrogen and oxygen atoms in total. The lowest BCUT2D eigenvalue weighted by molar-refractivity contribution is -0.131. The van der Waals surface area contributed by atoms with E-state index in [0.717, 1.165) is 43.3 Å². The van der Waals surface area contributed by atoms with Crippen LogP contribution < -0.4 is 4.90 Å². The Labute approximate surface area is 125 Å². The monoisotopic (exact) mass is 284 g/mol. The van der Waals surface area contributed by atoms with Crippen LogP contribution in [0.2, 0.25) is 0 Å². The second-order valence-corrected chi connectivity index (χ2v) is 6.21. The van der Waals surface area contributed by atoms with Crippen LogP contribution in [0.15, 0.2) is 24.3 Å². The standard InChI is InChI=1S/C17H20N2O2/c1-17(2)7-9-19(10-8-17)15-5-3-13(4-6-16(20)21)11-14(15)12-18/h3-6,11H,7-10H2,1-2H3,(H,20,21)/b6-4+. The van der Waals surface area contributed by atoms with Crippen LogP contribution in [0, 0.1) is 16.7 Å². The van der Waals surface area contributed by atoms with Gasteiger partial charge >= 0.3 is 5.97 Å². The number of nitrogens with zero attached hydrogens (tertiary/aromatic N) is 2. The van der Waals surface area contributed by atoms with E-state index in [-0.39, 0.29) is 0 Å². The molecule has 0 saturated carbocycles. The number of hydrogen-bond acceptors (Lipinski definition) is 3. The molecule has 1 aliphatic rings. The van der Waals surface area contributed by atoms with E-state index < -0.39 is 5.97 Å². The van der Waals surface area contributed by atoms with Crippen molar-refractivity contribution in [1.82, 2.24) is 0 Å². The van der Waals surface area contributed by atoms with Crippen LogP contribution in [0.1, 0.15) is 37.8 Å². The second kappa shape index (κ2) is 6.01. The predicted molar refractivity (Wildman–Crippen MR) is 83.1 cm³/mol. The molecule has 0 amide bonds. The lowest BCUT2D eigenvalue weighted by Gasteiger charge is -2.38. The molecule has 110 valence electrons. The Morgan fingerprint density at radius 2 is 2.05 bits per heavy atom. The first-order chi connectivity index (χ1) is 9.91. The van der Waals surface area contributed by atoms with E-state index in [1.807, 2.05) is 12.1 Å². The van der Waals surface area contributed by atoms with Crippen molar-refractivity contribution in [3.63, 3.8) is 0 Å². The van der Waals surface area contributed by atoms with Gasteiger partial charge in [-0.2, -0.15) is 5.26 Å². The van der Waals surface area contributed by atoms with Crippen molar-refractivity contribution in [2.45, 2.75) is 26.7 Å². The average Bonchev–Trinajstić information content (AvgIpc) is 2.45. The first-order valence-corrected chi connectivity index (χ1v) is 7.11. The normalized spacial score (nSPS) is 17.7. The van der Waals surface area contributed by atoms with Crippen molar-refractivity contribution in [3.05, 3.63) is 35.4 Å². The number of benzene rings is 1. The summed E-state index contributed by atoms with van der Waals surface area (Å²) >= 11 is 0. The number of carbonyl (C=O) groups is 1. The number of aliphatic carboxylic acids is 1. The zero-order valence-electron chi connectivity index (χ0n) is 12.5. The first kappa shape index (κ1) is 15.1. The van der Waals surface area contributed by atoms with Crippen molar-refractivity contribution >= 4 is 17.7 Å². The third kappa shape index (κ3) is 3.85. The highest BCUT2D eigenvalue weighted by Crippen LogP contribution is 2.33. The molecule has 2 rings (SSSR count). The van der Waals surface area contributed by atoms with E-state index in [1.54, 1.807) is 6.07 Å². The maximum absolute atomic E-state index is 10.5. The molecule has 0 bridgehead atoms. The van der Waals surface area contributed by atoms with Gasteiger partial charge in [0, 0.05) is 19.2 Å². The number of piperidine rings is 1. The summed E-state index contributed by atoms with van der Waals surface area (Å²) in [5, 5.41) is 18.0. The van der Waals surface area contributed by atoms with Gasteiger partial charge < -0.3 is 10.0 Å². The zero-order chi connectivity index (χ0) is 15.5. The molecule has 0 unspecified atom stereocenters. The Morgan fingerprint density at radius 3 is 2.62 bits per heavy atom. The molecule has 0 radical (unpaired) electrons. The summed E-state index contributed by atoms with van der Waals surface area (Å²) in [6.07, 6.45) is 4.81. The lowest BCUT2D eigenvalue weighted by Crippen LogP contribution is -2.37. The van der Waals surface area contributed by atoms with Crippen LogP contribution in [0.4, 0.5) is 5.69 Å². The van der Waals surface area contributed by atoms with E-state index in [0.29, 0.717) is 11.0 Å². The summed E-state index contributed by atoms with van der Waals surface area (Å²) in [4.78, 5) is 12.8. The fourth-order valence-electron chi connectivity index (χ4n) is 2.54. The van der Waals surface area contributed by atoms with Gasteiger partial charge in [-0.05, 0) is 42.0 Å². The minimum Gasteiger partial charge on any atom is -0.478 e. The predicted octanol–water partition coefficient (Wildman–Crippen LogP) is 3.28. The molecule has 1 saturated heterocycles. The second-order valence-electron chi connectivity index (χ2n) is 6.21. The molecule has 1 heterocycles. The summed E-state index contributed by atoms with van der Waals surface area (Å²) in [7, 11) is 0. The number of nitriles is 1. The highest BCUT2D eigenvalue weighted by atomic mass is 16.4. The number of hydrogen-bond donors (Lipinski definition) is 1. The Morgan fingerprint density at radius 1 is 1.38 bits per heavy atom. The summed E-state index contributed by atoms with van der Waals surface area (Å²) in [5.74, 6) is -0.990. The quantitative estimate of drug-likeness (QED) is 0.865. The number of anilines is 1. The minimum atomic E-state index is -0.990. The zero-order valence-corrected chi connectivity index (χ0v) is 12.5. The molecule has 0 aromatic heterocycles. The number of carboxylic acids is 1. The fraction of sp³-hybridized carbons (Fsp3) is 0.412. The van der Waals surface area contributed by atoms with Crippen molar-refractivity contribution < 1.29 is 9.90 Å². The molecule has 1 aromatic rings. The Kier molecular flexibility index (Phi) is 4.32. The van der Waals surface area contributed by atoms with Gasteiger partial charge in [0.15, 0.2) is 0 Å². The van der Waals surface area contributed by atoms with Gasteiger partial charge in [-0.25, -0.2) is 4.79 Å². The van der Waals surface area contributed by atoms with Crippen molar-refractivity contribution in [2.24, 2.45) is 5.41 Å². The highest BCUT2D eigenvalue weighted by molar-refractivity contribution is 5.85. The van der Waals surface area contributed by atoms with Crippen LogP contribution in [0.25, 0.3) is 6.08 Å². The van der Waals surface area contributed by atoms with Gasteiger partial charge in [0.05, 0.1) is 11.3 Å². The average molecular weight is 284 g/mol. The van der Waals surface area contributed by atoms with E-state index in [9.17, 15) is 10.1 Å². The molecule has 0 spiro atoms. The molecular formula is C17H20N2O2. The Hall–Kier alpha value is -2.28. The Bertz CT molecular complexity index is 602. The van der Waals surface area contributed by atoms with E-state index in [2.05, 4.69) is 24.8 Å². The summed E-state index contributed by atoms with van der Waals surface area (Å²) in [6, 6.07) is 7.73. The van der Waals surface area contributed by atoms with Crippen LogP contribution in [-0.2, 0) is 4.79 Å². The molecule has 1 fully saturated rings. The molecule has 1 aromatic carbocycles. The topological polar surface area (TPSA) is 64.3 Å². The maximum atomic E-state index is 10.5. The maximum Gasteiger partial charge on any atom is 0.328 e. The molecule has 21 heavy (non-hydrogen) atoms. The van der Waals surface area contributed by atoms with Gasteiger partial charge in [-0.1, -0.05) is 19.9 Å². The smallest absolute Gasteiger partial charge is 0.328 e. The summed E-state index contributed by atoms with van der Waals surface area (Å²) in [5.41, 5.74) is 2.64. The summed E-state index contributed by atoms with van der Waals surface area (Å²) in [6.45, 7) is 6.45. The van der Waals surface area contributed by atoms with Crippen LogP contribution in [0.5, 0.6) is 0 Å². The van der Waals surface area contributed by atoms with Gasteiger partial charge in [-0.15, -0.1) is 0 Å². The van der Waals surface area contributed by atoms with Crippen molar-refractivity contribution in [2.75, 3.05) is 18.0 Å². The van der Waals surface area contributed by atoms with Gasteiger partial charge in [0.1, 0.15) is 6.07 Å².